The highest BCUT2D eigenvalue weighted by atomic mass is 28.3. The summed E-state index contributed by atoms with van der Waals surface area (Å²) in [4.78, 5) is 35.0. The second kappa shape index (κ2) is 13.1. The minimum Gasteiger partial charge on any atom is -0.495 e. The van der Waals surface area contributed by atoms with Crippen LogP contribution in [0.2, 0.25) is 16.6 Å². The Hall–Kier alpha value is -4.68. The van der Waals surface area contributed by atoms with Gasteiger partial charge in [-0.2, -0.15) is 4.98 Å². The number of carbonyl (C=O) groups is 1. The molecule has 2 aromatic heterocycles. The van der Waals surface area contributed by atoms with Crippen LogP contribution in [0.3, 0.4) is 0 Å². The summed E-state index contributed by atoms with van der Waals surface area (Å²) in [6, 6.07) is 16.0. The number of nitrogens with one attached hydrogen (secondary N) is 2. The highest BCUT2D eigenvalue weighted by Gasteiger charge is 2.41. The van der Waals surface area contributed by atoms with Crippen LogP contribution in [0.15, 0.2) is 78.2 Å². The Balaban J connectivity index is 1.94. The average molecular weight is 594 g/mol. The zero-order chi connectivity index (χ0) is 31.3. The number of aromatic nitrogens is 3. The van der Waals surface area contributed by atoms with Crippen LogP contribution in [0, 0.1) is 11.5 Å². The summed E-state index contributed by atoms with van der Waals surface area (Å²) < 4.78 is 7.02. The summed E-state index contributed by atoms with van der Waals surface area (Å²) in [5.41, 5.74) is 7.68. The molecule has 0 aliphatic carbocycles. The van der Waals surface area contributed by atoms with Gasteiger partial charge < -0.3 is 15.4 Å². The standard InChI is InChI=1S/C34H39N5O3Si/c1-9-31(40)36-26-14-16-27(17-15-26)39-32(41)20-25(18-19-43(22(2)3,23(4)5)24(6)7)28-21-35-34(38-33(28)39)37-29-12-10-11-13-30(29)42-8/h9-17,20-24H,1H2,2-8H3,(H,36,40)(H,35,37,38). The molecule has 43 heavy (non-hydrogen) atoms. The van der Waals surface area contributed by atoms with Crippen molar-refractivity contribution in [1.29, 1.82) is 0 Å². The van der Waals surface area contributed by atoms with E-state index in [1.807, 2.05) is 24.3 Å². The maximum absolute atomic E-state index is 13.8. The largest absolute Gasteiger partial charge is 0.495 e. The fraction of sp³-hybridized carbons (Fsp3) is 0.294. The van der Waals surface area contributed by atoms with Crippen LogP contribution in [0.1, 0.15) is 47.1 Å². The molecule has 0 saturated heterocycles. The molecule has 0 spiro atoms. The summed E-state index contributed by atoms with van der Waals surface area (Å²) in [6.45, 7) is 17.1. The Morgan fingerprint density at radius 3 is 2.28 bits per heavy atom. The number of hydrogen-bond acceptors (Lipinski definition) is 6. The molecule has 0 radical (unpaired) electrons. The van der Waals surface area contributed by atoms with Crippen molar-refractivity contribution in [2.45, 2.75) is 58.2 Å². The molecule has 0 bridgehead atoms. The molecule has 222 valence electrons. The zero-order valence-corrected chi connectivity index (χ0v) is 26.9. The maximum atomic E-state index is 13.8. The van der Waals surface area contributed by atoms with Crippen molar-refractivity contribution < 1.29 is 9.53 Å². The number of nitrogens with zero attached hydrogens (tertiary/aromatic N) is 3. The number of benzene rings is 2. The van der Waals surface area contributed by atoms with E-state index in [4.69, 9.17) is 9.72 Å². The fourth-order valence-electron chi connectivity index (χ4n) is 5.88. The molecule has 2 aromatic carbocycles. The van der Waals surface area contributed by atoms with Crippen molar-refractivity contribution >= 4 is 42.3 Å². The lowest BCUT2D eigenvalue weighted by molar-refractivity contribution is -0.111. The van der Waals surface area contributed by atoms with Crippen LogP contribution in [-0.4, -0.2) is 35.6 Å². The van der Waals surface area contributed by atoms with Crippen LogP contribution in [0.5, 0.6) is 5.75 Å². The first kappa shape index (κ1) is 31.3. The van der Waals surface area contributed by atoms with Crippen molar-refractivity contribution in [2.24, 2.45) is 0 Å². The predicted octanol–water partition coefficient (Wildman–Crippen LogP) is 7.23. The summed E-state index contributed by atoms with van der Waals surface area (Å²) in [6.07, 6.45) is 2.91. The second-order valence-corrected chi connectivity index (χ2v) is 17.0. The third-order valence-electron chi connectivity index (χ3n) is 7.97. The van der Waals surface area contributed by atoms with Gasteiger partial charge in [0.2, 0.25) is 11.9 Å². The Morgan fingerprint density at radius 1 is 1.02 bits per heavy atom. The monoisotopic (exact) mass is 593 g/mol. The number of methoxy groups -OCH3 is 1. The second-order valence-electron chi connectivity index (χ2n) is 11.4. The first-order valence-electron chi connectivity index (χ1n) is 14.4. The number of fused-ring (bicyclic) bond motifs is 1. The summed E-state index contributed by atoms with van der Waals surface area (Å²) in [5, 5.41) is 6.62. The predicted molar refractivity (Wildman–Crippen MR) is 178 cm³/mol. The molecule has 0 aliphatic heterocycles. The molecular formula is C34H39N5O3Si. The van der Waals surface area contributed by atoms with E-state index in [1.54, 1.807) is 43.6 Å². The normalized spacial score (nSPS) is 11.4. The van der Waals surface area contributed by atoms with Gasteiger partial charge in [-0.1, -0.05) is 66.2 Å². The quantitative estimate of drug-likeness (QED) is 0.121. The van der Waals surface area contributed by atoms with Gasteiger partial charge in [0, 0.05) is 23.5 Å². The molecule has 4 aromatic rings. The number of pyridine rings is 1. The third-order valence-corrected chi connectivity index (χ3v) is 14.3. The third kappa shape index (κ3) is 6.39. The van der Waals surface area contributed by atoms with Gasteiger partial charge in [-0.05, 0) is 59.1 Å². The molecule has 0 fully saturated rings. The molecular weight excluding hydrogens is 554 g/mol. The Kier molecular flexibility index (Phi) is 9.52. The van der Waals surface area contributed by atoms with Crippen LogP contribution in [0.25, 0.3) is 16.7 Å². The zero-order valence-electron chi connectivity index (χ0n) is 25.9. The van der Waals surface area contributed by atoms with Crippen molar-refractivity contribution in [3.05, 3.63) is 89.4 Å². The van der Waals surface area contributed by atoms with Crippen LogP contribution in [-0.2, 0) is 4.79 Å². The van der Waals surface area contributed by atoms with Crippen molar-refractivity contribution in [2.75, 3.05) is 17.7 Å². The van der Waals surface area contributed by atoms with Gasteiger partial charge in [0.05, 0.1) is 23.9 Å². The molecule has 9 heteroatoms. The minimum absolute atomic E-state index is 0.271. The smallest absolute Gasteiger partial charge is 0.258 e. The van der Waals surface area contributed by atoms with E-state index in [9.17, 15) is 9.59 Å². The number of carbonyl (C=O) groups excluding carboxylic acids is 1. The van der Waals surface area contributed by atoms with Crippen LogP contribution >= 0.6 is 0 Å². The molecule has 0 aliphatic rings. The van der Waals surface area contributed by atoms with Crippen LogP contribution < -0.4 is 20.9 Å². The Labute approximate surface area is 254 Å². The lowest BCUT2D eigenvalue weighted by Gasteiger charge is -2.38. The lowest BCUT2D eigenvalue weighted by Crippen LogP contribution is -2.43. The molecule has 1 amide bonds. The van der Waals surface area contributed by atoms with E-state index in [1.165, 1.54) is 10.6 Å². The van der Waals surface area contributed by atoms with E-state index in [0.29, 0.717) is 62.0 Å². The molecule has 8 nitrogen and oxygen atoms in total. The van der Waals surface area contributed by atoms with Crippen molar-refractivity contribution in [1.82, 2.24) is 14.5 Å². The van der Waals surface area contributed by atoms with E-state index >= 15 is 0 Å². The Bertz CT molecular complexity index is 1740. The van der Waals surface area contributed by atoms with Gasteiger partial charge in [0.1, 0.15) is 13.8 Å². The number of hydrogen-bond donors (Lipinski definition) is 2. The highest BCUT2D eigenvalue weighted by Crippen LogP contribution is 2.41. The van der Waals surface area contributed by atoms with E-state index in [0.717, 1.165) is 0 Å². The lowest BCUT2D eigenvalue weighted by atomic mass is 10.1. The van der Waals surface area contributed by atoms with Gasteiger partial charge in [-0.3, -0.25) is 14.2 Å². The van der Waals surface area contributed by atoms with Gasteiger partial charge in [-0.25, -0.2) is 4.98 Å². The van der Waals surface area contributed by atoms with Gasteiger partial charge >= 0.3 is 0 Å². The van der Waals surface area contributed by atoms with Crippen LogP contribution in [0.4, 0.5) is 17.3 Å². The summed E-state index contributed by atoms with van der Waals surface area (Å²) >= 11 is 0. The maximum Gasteiger partial charge on any atom is 0.258 e. The van der Waals surface area contributed by atoms with Gasteiger partial charge in [0.15, 0.2) is 5.65 Å². The number of amides is 1. The Morgan fingerprint density at radius 2 is 1.67 bits per heavy atom. The first-order chi connectivity index (χ1) is 20.5. The van der Waals surface area contributed by atoms with E-state index in [2.05, 4.69) is 75.2 Å². The average Bonchev–Trinajstić information content (AvgIpc) is 2.97. The molecule has 2 heterocycles. The van der Waals surface area contributed by atoms with E-state index < -0.39 is 8.07 Å². The van der Waals surface area contributed by atoms with Crippen molar-refractivity contribution in [3.8, 4) is 22.9 Å². The number of ether oxygens (including phenoxy) is 1. The number of anilines is 3. The molecule has 0 unspecified atom stereocenters. The fourth-order valence-corrected chi connectivity index (χ4v) is 11.1. The molecule has 0 saturated carbocycles. The minimum atomic E-state index is -2.07. The summed E-state index contributed by atoms with van der Waals surface area (Å²) in [7, 11) is -0.469. The highest BCUT2D eigenvalue weighted by molar-refractivity contribution is 6.90. The van der Waals surface area contributed by atoms with Crippen molar-refractivity contribution in [3.63, 3.8) is 0 Å². The molecule has 2 N–H and O–H groups in total. The van der Waals surface area contributed by atoms with Gasteiger partial charge in [-0.15, -0.1) is 5.54 Å². The summed E-state index contributed by atoms with van der Waals surface area (Å²) in [5.74, 6) is 4.06. The SMILES string of the molecule is C=CC(=O)Nc1ccc(-n2c(=O)cc(C#C[Si](C(C)C)(C(C)C)C(C)C)c3cnc(Nc4ccccc4OC)nc32)cc1. The topological polar surface area (TPSA) is 98.1 Å². The van der Waals surface area contributed by atoms with Gasteiger partial charge in [0.25, 0.3) is 5.56 Å². The van der Waals surface area contributed by atoms with E-state index in [-0.39, 0.29) is 11.5 Å². The molecule has 0 atom stereocenters. The first-order valence-corrected chi connectivity index (χ1v) is 16.6. The number of rotatable bonds is 9. The molecule has 4 rings (SSSR count). The number of para-hydroxylation sites is 2.